The quantitative estimate of drug-likeness (QED) is 0.377. The molecule has 1 aromatic heterocycles. The standard InChI is InChI=1S/C21H19BrN2O4S/c1-13-16(14(2)28-24-13)12-29-19-10-6-3-7-15(19)21(26)27-11-20(25)23-18-9-5-4-8-17(18)22/h3-10H,11-12H2,1-2H3,(H,23,25). The van der Waals surface area contributed by atoms with Crippen LogP contribution in [0.25, 0.3) is 0 Å². The van der Waals surface area contributed by atoms with Crippen molar-refractivity contribution in [2.75, 3.05) is 11.9 Å². The molecule has 0 aliphatic carbocycles. The summed E-state index contributed by atoms with van der Waals surface area (Å²) in [6.07, 6.45) is 0. The number of thioether (sulfide) groups is 1. The molecule has 150 valence electrons. The number of carbonyl (C=O) groups excluding carboxylic acids is 2. The van der Waals surface area contributed by atoms with E-state index in [2.05, 4.69) is 26.4 Å². The largest absolute Gasteiger partial charge is 0.452 e. The van der Waals surface area contributed by atoms with Gasteiger partial charge in [0.25, 0.3) is 5.91 Å². The molecule has 1 N–H and O–H groups in total. The number of nitrogens with zero attached hydrogens (tertiary/aromatic N) is 1. The molecular weight excluding hydrogens is 456 g/mol. The molecule has 8 heteroatoms. The van der Waals surface area contributed by atoms with Crippen LogP contribution in [-0.2, 0) is 15.3 Å². The Labute approximate surface area is 181 Å². The van der Waals surface area contributed by atoms with Crippen LogP contribution in [-0.4, -0.2) is 23.6 Å². The lowest BCUT2D eigenvalue weighted by Gasteiger charge is -2.10. The van der Waals surface area contributed by atoms with Crippen molar-refractivity contribution < 1.29 is 18.8 Å². The maximum Gasteiger partial charge on any atom is 0.339 e. The van der Waals surface area contributed by atoms with Gasteiger partial charge in [0.15, 0.2) is 6.61 Å². The summed E-state index contributed by atoms with van der Waals surface area (Å²) in [4.78, 5) is 25.4. The number of ether oxygens (including phenoxy) is 1. The number of nitrogens with one attached hydrogen (secondary N) is 1. The van der Waals surface area contributed by atoms with Crippen LogP contribution in [0.15, 0.2) is 62.4 Å². The molecule has 0 fully saturated rings. The molecule has 0 saturated carbocycles. The van der Waals surface area contributed by atoms with E-state index in [0.717, 1.165) is 26.4 Å². The van der Waals surface area contributed by atoms with Gasteiger partial charge in [-0.1, -0.05) is 29.4 Å². The Bertz CT molecular complexity index is 1020. The number of halogens is 1. The number of para-hydroxylation sites is 1. The zero-order valence-corrected chi connectivity index (χ0v) is 18.3. The van der Waals surface area contributed by atoms with Gasteiger partial charge in [-0.05, 0) is 54.0 Å². The predicted octanol–water partition coefficient (Wildman–Crippen LogP) is 5.14. The fraction of sp³-hybridized carbons (Fsp3) is 0.190. The number of rotatable bonds is 7. The van der Waals surface area contributed by atoms with E-state index >= 15 is 0 Å². The number of amides is 1. The first-order valence-electron chi connectivity index (χ1n) is 8.80. The number of anilines is 1. The smallest absolute Gasteiger partial charge is 0.339 e. The molecule has 0 atom stereocenters. The molecule has 0 radical (unpaired) electrons. The summed E-state index contributed by atoms with van der Waals surface area (Å²) in [6, 6.07) is 14.4. The monoisotopic (exact) mass is 474 g/mol. The van der Waals surface area contributed by atoms with Crippen LogP contribution < -0.4 is 5.32 Å². The van der Waals surface area contributed by atoms with E-state index < -0.39 is 11.9 Å². The number of hydrogen-bond acceptors (Lipinski definition) is 6. The van der Waals surface area contributed by atoms with Crippen LogP contribution in [0.5, 0.6) is 0 Å². The van der Waals surface area contributed by atoms with Crippen molar-refractivity contribution in [3.63, 3.8) is 0 Å². The van der Waals surface area contributed by atoms with Crippen molar-refractivity contribution >= 4 is 45.3 Å². The number of benzene rings is 2. The predicted molar refractivity (Wildman–Crippen MR) is 115 cm³/mol. The second-order valence-corrected chi connectivity index (χ2v) is 8.06. The van der Waals surface area contributed by atoms with Crippen molar-refractivity contribution in [2.24, 2.45) is 0 Å². The summed E-state index contributed by atoms with van der Waals surface area (Å²) < 4.78 is 11.1. The van der Waals surface area contributed by atoms with Gasteiger partial charge >= 0.3 is 5.97 Å². The third kappa shape index (κ3) is 5.48. The molecular formula is C21H19BrN2O4S. The lowest BCUT2D eigenvalue weighted by Crippen LogP contribution is -2.21. The van der Waals surface area contributed by atoms with E-state index in [1.54, 1.807) is 24.3 Å². The van der Waals surface area contributed by atoms with E-state index in [4.69, 9.17) is 9.26 Å². The Morgan fingerprint density at radius 1 is 1.14 bits per heavy atom. The first kappa shape index (κ1) is 21.1. The van der Waals surface area contributed by atoms with Crippen LogP contribution in [0.3, 0.4) is 0 Å². The second kappa shape index (κ2) is 9.76. The van der Waals surface area contributed by atoms with Gasteiger partial charge < -0.3 is 14.6 Å². The molecule has 0 unspecified atom stereocenters. The summed E-state index contributed by atoms with van der Waals surface area (Å²) in [6.45, 7) is 3.37. The van der Waals surface area contributed by atoms with E-state index in [1.807, 2.05) is 38.1 Å². The average Bonchev–Trinajstić information content (AvgIpc) is 3.04. The molecule has 1 amide bonds. The van der Waals surface area contributed by atoms with Crippen LogP contribution in [0.1, 0.15) is 27.4 Å². The third-order valence-corrected chi connectivity index (χ3v) is 5.93. The number of hydrogen-bond donors (Lipinski definition) is 1. The Kier molecular flexibility index (Phi) is 7.11. The highest BCUT2D eigenvalue weighted by atomic mass is 79.9. The molecule has 3 rings (SSSR count). The van der Waals surface area contributed by atoms with Crippen molar-refractivity contribution in [1.29, 1.82) is 0 Å². The van der Waals surface area contributed by atoms with Crippen LogP contribution in [0.4, 0.5) is 5.69 Å². The van der Waals surface area contributed by atoms with E-state index in [9.17, 15) is 9.59 Å². The van der Waals surface area contributed by atoms with Gasteiger partial charge in [-0.25, -0.2) is 4.79 Å². The maximum atomic E-state index is 12.5. The Hall–Kier alpha value is -2.58. The average molecular weight is 475 g/mol. The highest BCUT2D eigenvalue weighted by Crippen LogP contribution is 2.29. The summed E-state index contributed by atoms with van der Waals surface area (Å²) in [7, 11) is 0. The molecule has 0 bridgehead atoms. The van der Waals surface area contributed by atoms with Gasteiger partial charge in [0.05, 0.1) is 16.9 Å². The zero-order valence-electron chi connectivity index (χ0n) is 15.9. The zero-order chi connectivity index (χ0) is 20.8. The Balaban J connectivity index is 1.61. The van der Waals surface area contributed by atoms with E-state index in [-0.39, 0.29) is 6.61 Å². The van der Waals surface area contributed by atoms with Gasteiger partial charge in [-0.2, -0.15) is 0 Å². The third-order valence-electron chi connectivity index (χ3n) is 4.14. The summed E-state index contributed by atoms with van der Waals surface area (Å²) in [5, 5.41) is 6.65. The number of aromatic nitrogens is 1. The normalized spacial score (nSPS) is 10.6. The summed E-state index contributed by atoms with van der Waals surface area (Å²) in [5.74, 6) is 0.424. The minimum absolute atomic E-state index is 0.372. The van der Waals surface area contributed by atoms with Gasteiger partial charge in [0.1, 0.15) is 5.76 Å². The fourth-order valence-electron chi connectivity index (χ4n) is 2.58. The SMILES string of the molecule is Cc1noc(C)c1CSc1ccccc1C(=O)OCC(=O)Nc1ccccc1Br. The second-order valence-electron chi connectivity index (χ2n) is 6.19. The van der Waals surface area contributed by atoms with Crippen LogP contribution in [0, 0.1) is 13.8 Å². The highest BCUT2D eigenvalue weighted by Gasteiger charge is 2.17. The first-order chi connectivity index (χ1) is 14.0. The molecule has 2 aromatic carbocycles. The highest BCUT2D eigenvalue weighted by molar-refractivity contribution is 9.10. The van der Waals surface area contributed by atoms with Crippen molar-refractivity contribution in [2.45, 2.75) is 24.5 Å². The minimum atomic E-state index is -0.547. The van der Waals surface area contributed by atoms with Crippen LogP contribution in [0.2, 0.25) is 0 Å². The van der Waals surface area contributed by atoms with Gasteiger partial charge in [0.2, 0.25) is 0 Å². The van der Waals surface area contributed by atoms with Crippen LogP contribution >= 0.6 is 27.7 Å². The van der Waals surface area contributed by atoms with Crippen molar-refractivity contribution in [3.05, 3.63) is 75.6 Å². The van der Waals surface area contributed by atoms with Crippen molar-refractivity contribution in [3.8, 4) is 0 Å². The summed E-state index contributed by atoms with van der Waals surface area (Å²) >= 11 is 4.85. The Morgan fingerprint density at radius 3 is 2.59 bits per heavy atom. The molecule has 0 spiro atoms. The molecule has 0 saturated heterocycles. The molecule has 0 aliphatic heterocycles. The lowest BCUT2D eigenvalue weighted by molar-refractivity contribution is -0.119. The number of aryl methyl sites for hydroxylation is 2. The number of carbonyl (C=O) groups is 2. The molecule has 6 nitrogen and oxygen atoms in total. The van der Waals surface area contributed by atoms with Crippen molar-refractivity contribution in [1.82, 2.24) is 5.16 Å². The molecule has 29 heavy (non-hydrogen) atoms. The van der Waals surface area contributed by atoms with Gasteiger partial charge in [-0.3, -0.25) is 4.79 Å². The molecule has 0 aliphatic rings. The minimum Gasteiger partial charge on any atom is -0.452 e. The topological polar surface area (TPSA) is 81.4 Å². The van der Waals surface area contributed by atoms with Gasteiger partial charge in [-0.15, -0.1) is 11.8 Å². The first-order valence-corrected chi connectivity index (χ1v) is 10.6. The van der Waals surface area contributed by atoms with E-state index in [1.165, 1.54) is 11.8 Å². The maximum absolute atomic E-state index is 12.5. The van der Waals surface area contributed by atoms with E-state index in [0.29, 0.717) is 17.0 Å². The number of esters is 1. The lowest BCUT2D eigenvalue weighted by atomic mass is 10.2. The summed E-state index contributed by atoms with van der Waals surface area (Å²) in [5.41, 5.74) is 2.87. The molecule has 1 heterocycles. The Morgan fingerprint density at radius 2 is 1.86 bits per heavy atom. The fourth-order valence-corrected chi connectivity index (χ4v) is 4.15. The molecule has 3 aromatic rings. The van der Waals surface area contributed by atoms with Gasteiger partial charge in [0, 0.05) is 20.7 Å².